The van der Waals surface area contributed by atoms with E-state index in [9.17, 15) is 8.78 Å². The Labute approximate surface area is 139 Å². The van der Waals surface area contributed by atoms with Gasteiger partial charge in [0.2, 0.25) is 0 Å². The van der Waals surface area contributed by atoms with Crippen LogP contribution in [0.3, 0.4) is 0 Å². The zero-order chi connectivity index (χ0) is 15.5. The van der Waals surface area contributed by atoms with E-state index in [1.54, 1.807) is 18.2 Å². The van der Waals surface area contributed by atoms with Gasteiger partial charge in [0.1, 0.15) is 5.75 Å². The number of ether oxygens (including phenoxy) is 1. The van der Waals surface area contributed by atoms with Crippen molar-refractivity contribution in [2.24, 2.45) is 0 Å². The molecule has 0 unspecified atom stereocenters. The fourth-order valence-electron chi connectivity index (χ4n) is 2.03. The lowest BCUT2D eigenvalue weighted by atomic mass is 10.1. The Morgan fingerprint density at radius 1 is 1.14 bits per heavy atom. The summed E-state index contributed by atoms with van der Waals surface area (Å²) in [5.41, 5.74) is 1.62. The number of halogens is 4. The van der Waals surface area contributed by atoms with Crippen LogP contribution in [0.5, 0.6) is 5.75 Å². The molecule has 1 nitrogen and oxygen atoms in total. The van der Waals surface area contributed by atoms with Gasteiger partial charge in [0.05, 0.1) is 0 Å². The van der Waals surface area contributed by atoms with E-state index in [1.807, 2.05) is 19.1 Å². The second-order valence-electron chi connectivity index (χ2n) is 4.70. The highest BCUT2D eigenvalue weighted by atomic mass is 79.9. The third kappa shape index (κ3) is 4.04. The van der Waals surface area contributed by atoms with Gasteiger partial charge in [-0.15, -0.1) is 0 Å². The van der Waals surface area contributed by atoms with Crippen molar-refractivity contribution in [2.45, 2.75) is 18.2 Å². The summed E-state index contributed by atoms with van der Waals surface area (Å²) >= 11 is 6.74. The van der Waals surface area contributed by atoms with Gasteiger partial charge in [0.15, 0.2) is 6.61 Å². The molecule has 0 aromatic heterocycles. The molecule has 2 rings (SSSR count). The van der Waals surface area contributed by atoms with Crippen LogP contribution >= 0.6 is 31.9 Å². The molecule has 0 atom stereocenters. The summed E-state index contributed by atoms with van der Waals surface area (Å²) in [5, 5.41) is 0.541. The molecule has 0 heterocycles. The van der Waals surface area contributed by atoms with Crippen molar-refractivity contribution in [1.29, 1.82) is 0 Å². The van der Waals surface area contributed by atoms with Crippen LogP contribution in [0.2, 0.25) is 0 Å². The molecule has 0 aliphatic rings. The van der Waals surface area contributed by atoms with Crippen molar-refractivity contribution >= 4 is 31.9 Å². The number of alkyl halides is 3. The molecule has 0 radical (unpaired) electrons. The summed E-state index contributed by atoms with van der Waals surface area (Å²) < 4.78 is 34.6. The van der Waals surface area contributed by atoms with Crippen molar-refractivity contribution in [2.75, 3.05) is 6.61 Å². The average molecular weight is 420 g/mol. The minimum atomic E-state index is -3.02. The minimum absolute atomic E-state index is 0.0415. The number of rotatable bonds is 5. The highest BCUT2D eigenvalue weighted by molar-refractivity contribution is 9.10. The topological polar surface area (TPSA) is 9.23 Å². The Hall–Kier alpha value is -0.940. The maximum absolute atomic E-state index is 14.1. The van der Waals surface area contributed by atoms with Crippen molar-refractivity contribution in [3.05, 3.63) is 63.6 Å². The first-order chi connectivity index (χ1) is 9.94. The SMILES string of the molecule is Cc1cc(Br)cc(CBr)c1OCC(F)(F)c1ccccc1. The zero-order valence-corrected chi connectivity index (χ0v) is 14.5. The second kappa shape index (κ2) is 6.88. The van der Waals surface area contributed by atoms with Crippen molar-refractivity contribution in [1.82, 2.24) is 0 Å². The van der Waals surface area contributed by atoms with Gasteiger partial charge in [-0.1, -0.05) is 62.2 Å². The van der Waals surface area contributed by atoms with Crippen molar-refractivity contribution in [3.63, 3.8) is 0 Å². The van der Waals surface area contributed by atoms with Crippen LogP contribution in [0.25, 0.3) is 0 Å². The number of aryl methyl sites for hydroxylation is 1. The maximum atomic E-state index is 14.1. The smallest absolute Gasteiger partial charge is 0.306 e. The maximum Gasteiger partial charge on any atom is 0.306 e. The standard InChI is InChI=1S/C16H14Br2F2O/c1-11-7-14(18)8-12(9-17)15(11)21-10-16(19,20)13-5-3-2-4-6-13/h2-8H,9-10H2,1H3. The summed E-state index contributed by atoms with van der Waals surface area (Å²) in [4.78, 5) is 0. The van der Waals surface area contributed by atoms with E-state index in [-0.39, 0.29) is 5.56 Å². The van der Waals surface area contributed by atoms with Crippen LogP contribution in [0.1, 0.15) is 16.7 Å². The lowest BCUT2D eigenvalue weighted by Crippen LogP contribution is -2.23. The average Bonchev–Trinajstić information content (AvgIpc) is 2.46. The van der Waals surface area contributed by atoms with Gasteiger partial charge in [-0.3, -0.25) is 0 Å². The van der Waals surface area contributed by atoms with Gasteiger partial charge in [-0.25, -0.2) is 0 Å². The van der Waals surface area contributed by atoms with Crippen LogP contribution in [0.15, 0.2) is 46.9 Å². The minimum Gasteiger partial charge on any atom is -0.486 e. The van der Waals surface area contributed by atoms with E-state index in [2.05, 4.69) is 31.9 Å². The Morgan fingerprint density at radius 3 is 2.43 bits per heavy atom. The van der Waals surface area contributed by atoms with Gasteiger partial charge in [-0.2, -0.15) is 8.78 Å². The lowest BCUT2D eigenvalue weighted by Gasteiger charge is -2.20. The molecule has 0 spiro atoms. The number of hydrogen-bond donors (Lipinski definition) is 0. The first-order valence-electron chi connectivity index (χ1n) is 6.35. The summed E-state index contributed by atoms with van der Waals surface area (Å²) in [6.07, 6.45) is 0. The molecular formula is C16H14Br2F2O. The van der Waals surface area contributed by atoms with Crippen LogP contribution in [-0.2, 0) is 11.3 Å². The first kappa shape index (κ1) is 16.4. The van der Waals surface area contributed by atoms with E-state index in [4.69, 9.17) is 4.74 Å². The summed E-state index contributed by atoms with van der Waals surface area (Å²) in [5.74, 6) is -2.52. The number of benzene rings is 2. The Morgan fingerprint density at radius 2 is 1.81 bits per heavy atom. The van der Waals surface area contributed by atoms with E-state index >= 15 is 0 Å². The van der Waals surface area contributed by atoms with Crippen LogP contribution in [-0.4, -0.2) is 6.61 Å². The fraction of sp³-hybridized carbons (Fsp3) is 0.250. The second-order valence-corrected chi connectivity index (χ2v) is 6.18. The fourth-order valence-corrected chi connectivity index (χ4v) is 3.07. The molecule has 2 aromatic rings. The lowest BCUT2D eigenvalue weighted by molar-refractivity contribution is -0.0470. The Kier molecular flexibility index (Phi) is 5.38. The molecule has 112 valence electrons. The molecule has 0 aliphatic carbocycles. The molecule has 5 heteroatoms. The summed E-state index contributed by atoms with van der Waals surface area (Å²) in [6.45, 7) is 1.16. The van der Waals surface area contributed by atoms with Crippen LogP contribution in [0, 0.1) is 6.92 Å². The predicted molar refractivity (Wildman–Crippen MR) is 87.3 cm³/mol. The van der Waals surface area contributed by atoms with Crippen LogP contribution in [0.4, 0.5) is 8.78 Å². The van der Waals surface area contributed by atoms with Crippen molar-refractivity contribution < 1.29 is 13.5 Å². The van der Waals surface area contributed by atoms with E-state index < -0.39 is 12.5 Å². The van der Waals surface area contributed by atoms with Gasteiger partial charge >= 0.3 is 5.92 Å². The molecule has 0 saturated carbocycles. The molecule has 0 fully saturated rings. The highest BCUT2D eigenvalue weighted by Gasteiger charge is 2.32. The Bertz CT molecular complexity index is 615. The van der Waals surface area contributed by atoms with E-state index in [0.717, 1.165) is 15.6 Å². The largest absolute Gasteiger partial charge is 0.486 e. The van der Waals surface area contributed by atoms with Gasteiger partial charge in [-0.05, 0) is 24.6 Å². The third-order valence-corrected chi connectivity index (χ3v) is 4.12. The third-order valence-electron chi connectivity index (χ3n) is 3.05. The molecule has 0 aliphatic heterocycles. The zero-order valence-electron chi connectivity index (χ0n) is 11.4. The first-order valence-corrected chi connectivity index (χ1v) is 8.26. The van der Waals surface area contributed by atoms with Crippen molar-refractivity contribution in [3.8, 4) is 5.75 Å². The van der Waals surface area contributed by atoms with E-state index in [0.29, 0.717) is 11.1 Å². The van der Waals surface area contributed by atoms with Gasteiger partial charge < -0.3 is 4.74 Å². The predicted octanol–water partition coefficient (Wildman–Crippen LogP) is 5.82. The van der Waals surface area contributed by atoms with Crippen LogP contribution < -0.4 is 4.74 Å². The molecule has 2 aromatic carbocycles. The quantitative estimate of drug-likeness (QED) is 0.554. The molecule has 0 N–H and O–H groups in total. The molecule has 0 amide bonds. The Balaban J connectivity index is 2.20. The normalized spacial score (nSPS) is 11.5. The molecular weight excluding hydrogens is 406 g/mol. The molecule has 0 bridgehead atoms. The molecule has 21 heavy (non-hydrogen) atoms. The molecule has 0 saturated heterocycles. The highest BCUT2D eigenvalue weighted by Crippen LogP contribution is 2.33. The van der Waals surface area contributed by atoms with Gasteiger partial charge in [0.25, 0.3) is 0 Å². The summed E-state index contributed by atoms with van der Waals surface area (Å²) in [6, 6.07) is 11.4. The monoisotopic (exact) mass is 418 g/mol. The van der Waals surface area contributed by atoms with Gasteiger partial charge in [0, 0.05) is 20.9 Å². The van der Waals surface area contributed by atoms with E-state index in [1.165, 1.54) is 12.1 Å². The number of hydrogen-bond acceptors (Lipinski definition) is 1. The summed E-state index contributed by atoms with van der Waals surface area (Å²) in [7, 11) is 0.